The van der Waals surface area contributed by atoms with Crippen molar-refractivity contribution in [1.29, 1.82) is 0 Å². The first-order chi connectivity index (χ1) is 16.7. The van der Waals surface area contributed by atoms with Crippen LogP contribution in [0.3, 0.4) is 0 Å². The third kappa shape index (κ3) is 6.47. The SMILES string of the molecule is COc1ccc(-c2cc(C(F)(F)F)nc(SCC(=O)Nc3cc(OC)c(OC)c(OC)c3)n2)cc1. The van der Waals surface area contributed by atoms with Gasteiger partial charge in [0.2, 0.25) is 11.7 Å². The number of methoxy groups -OCH3 is 4. The number of carbonyl (C=O) groups is 1. The summed E-state index contributed by atoms with van der Waals surface area (Å²) < 4.78 is 61.1. The summed E-state index contributed by atoms with van der Waals surface area (Å²) in [5.74, 6) is 0.847. The first-order valence-corrected chi connectivity index (χ1v) is 11.0. The van der Waals surface area contributed by atoms with Gasteiger partial charge in [-0.15, -0.1) is 0 Å². The monoisotopic (exact) mass is 509 g/mol. The number of aromatic nitrogens is 2. The van der Waals surface area contributed by atoms with E-state index in [0.717, 1.165) is 17.8 Å². The molecule has 3 aromatic rings. The number of alkyl halides is 3. The van der Waals surface area contributed by atoms with Crippen LogP contribution >= 0.6 is 11.8 Å². The molecular weight excluding hydrogens is 487 g/mol. The Hall–Kier alpha value is -3.67. The largest absolute Gasteiger partial charge is 0.497 e. The summed E-state index contributed by atoms with van der Waals surface area (Å²) in [5, 5.41) is 2.46. The van der Waals surface area contributed by atoms with E-state index in [9.17, 15) is 18.0 Å². The minimum atomic E-state index is -4.68. The highest BCUT2D eigenvalue weighted by molar-refractivity contribution is 7.99. The Bertz CT molecular complexity index is 1170. The number of carbonyl (C=O) groups excluding carboxylic acids is 1. The number of thioether (sulfide) groups is 1. The predicted molar refractivity (Wildman–Crippen MR) is 124 cm³/mol. The smallest absolute Gasteiger partial charge is 0.433 e. The van der Waals surface area contributed by atoms with Crippen molar-refractivity contribution in [2.24, 2.45) is 0 Å². The van der Waals surface area contributed by atoms with Gasteiger partial charge in [0, 0.05) is 23.4 Å². The maximum absolute atomic E-state index is 13.4. The highest BCUT2D eigenvalue weighted by atomic mass is 32.2. The topological polar surface area (TPSA) is 91.8 Å². The highest BCUT2D eigenvalue weighted by Gasteiger charge is 2.34. The number of amides is 1. The van der Waals surface area contributed by atoms with E-state index in [1.807, 2.05) is 0 Å². The van der Waals surface area contributed by atoms with Gasteiger partial charge in [-0.2, -0.15) is 13.2 Å². The summed E-state index contributed by atoms with van der Waals surface area (Å²) in [7, 11) is 5.80. The van der Waals surface area contributed by atoms with E-state index in [2.05, 4.69) is 15.3 Å². The normalized spacial score (nSPS) is 11.1. The molecule has 35 heavy (non-hydrogen) atoms. The molecule has 8 nitrogen and oxygen atoms in total. The Balaban J connectivity index is 1.80. The lowest BCUT2D eigenvalue weighted by Crippen LogP contribution is -2.15. The third-order valence-electron chi connectivity index (χ3n) is 4.66. The van der Waals surface area contributed by atoms with E-state index in [-0.39, 0.29) is 16.6 Å². The van der Waals surface area contributed by atoms with Crippen LogP contribution in [0.1, 0.15) is 5.69 Å². The van der Waals surface area contributed by atoms with Crippen LogP contribution in [0.2, 0.25) is 0 Å². The number of halogens is 3. The molecule has 1 amide bonds. The van der Waals surface area contributed by atoms with Crippen molar-refractivity contribution in [2.75, 3.05) is 39.5 Å². The minimum absolute atomic E-state index is 0.0718. The first-order valence-electron chi connectivity index (χ1n) is 10.0. The molecule has 186 valence electrons. The van der Waals surface area contributed by atoms with Crippen LogP contribution in [-0.2, 0) is 11.0 Å². The molecule has 1 N–H and O–H groups in total. The second kappa shape index (κ2) is 11.2. The van der Waals surface area contributed by atoms with Gasteiger partial charge >= 0.3 is 6.18 Å². The summed E-state index contributed by atoms with van der Waals surface area (Å²) >= 11 is 0.776. The lowest BCUT2D eigenvalue weighted by atomic mass is 10.1. The van der Waals surface area contributed by atoms with Gasteiger partial charge in [-0.3, -0.25) is 4.79 Å². The summed E-state index contributed by atoms with van der Waals surface area (Å²) in [4.78, 5) is 20.3. The van der Waals surface area contributed by atoms with Crippen LogP contribution in [-0.4, -0.2) is 50.1 Å². The molecule has 1 aromatic heterocycles. The highest BCUT2D eigenvalue weighted by Crippen LogP contribution is 2.40. The van der Waals surface area contributed by atoms with Crippen molar-refractivity contribution in [1.82, 2.24) is 9.97 Å². The van der Waals surface area contributed by atoms with Gasteiger partial charge in [0.1, 0.15) is 11.4 Å². The number of hydrogen-bond donors (Lipinski definition) is 1. The van der Waals surface area contributed by atoms with Crippen molar-refractivity contribution in [3.05, 3.63) is 48.2 Å². The van der Waals surface area contributed by atoms with E-state index in [0.29, 0.717) is 34.2 Å². The molecule has 12 heteroatoms. The molecule has 1 heterocycles. The van der Waals surface area contributed by atoms with Gasteiger partial charge in [-0.05, 0) is 30.3 Å². The molecule has 0 bridgehead atoms. The number of nitrogens with zero attached hydrogens (tertiary/aromatic N) is 2. The van der Waals surface area contributed by atoms with Crippen LogP contribution in [0.25, 0.3) is 11.3 Å². The zero-order valence-corrected chi connectivity index (χ0v) is 20.0. The molecule has 0 radical (unpaired) electrons. The number of benzene rings is 2. The van der Waals surface area contributed by atoms with Crippen molar-refractivity contribution in [2.45, 2.75) is 11.3 Å². The van der Waals surface area contributed by atoms with Crippen molar-refractivity contribution < 1.29 is 36.9 Å². The minimum Gasteiger partial charge on any atom is -0.497 e. The van der Waals surface area contributed by atoms with E-state index in [4.69, 9.17) is 18.9 Å². The molecule has 0 aliphatic heterocycles. The maximum atomic E-state index is 13.4. The van der Waals surface area contributed by atoms with Crippen LogP contribution in [0, 0.1) is 0 Å². The summed E-state index contributed by atoms with van der Waals surface area (Å²) in [5.41, 5.74) is -0.232. The second-order valence-corrected chi connectivity index (χ2v) is 7.84. The second-order valence-electron chi connectivity index (χ2n) is 6.90. The van der Waals surface area contributed by atoms with Crippen LogP contribution in [0.15, 0.2) is 47.6 Å². The molecule has 0 saturated carbocycles. The molecule has 0 aliphatic rings. The Morgan fingerprint density at radius 3 is 2.06 bits per heavy atom. The van der Waals surface area contributed by atoms with Gasteiger partial charge in [0.25, 0.3) is 0 Å². The fourth-order valence-electron chi connectivity index (χ4n) is 3.02. The van der Waals surface area contributed by atoms with Gasteiger partial charge in [-0.25, -0.2) is 9.97 Å². The van der Waals surface area contributed by atoms with Gasteiger partial charge in [0.05, 0.1) is 39.9 Å². The fraction of sp³-hybridized carbons (Fsp3) is 0.261. The van der Waals surface area contributed by atoms with Crippen LogP contribution in [0.5, 0.6) is 23.0 Å². The zero-order valence-electron chi connectivity index (χ0n) is 19.2. The average Bonchev–Trinajstić information content (AvgIpc) is 2.86. The Morgan fingerprint density at radius 1 is 0.914 bits per heavy atom. The number of ether oxygens (including phenoxy) is 4. The molecular formula is C23H22F3N3O5S. The first kappa shape index (κ1) is 25.9. The van der Waals surface area contributed by atoms with Crippen LogP contribution < -0.4 is 24.3 Å². The zero-order chi connectivity index (χ0) is 25.6. The summed E-state index contributed by atoms with van der Waals surface area (Å²) in [6, 6.07) is 10.3. The molecule has 3 rings (SSSR count). The number of nitrogens with one attached hydrogen (secondary N) is 1. The molecule has 0 aliphatic carbocycles. The van der Waals surface area contributed by atoms with Gasteiger partial charge in [-0.1, -0.05) is 11.8 Å². The van der Waals surface area contributed by atoms with E-state index in [1.165, 1.54) is 40.6 Å². The van der Waals surface area contributed by atoms with Crippen LogP contribution in [0.4, 0.5) is 18.9 Å². The molecule has 0 atom stereocenters. The Morgan fingerprint density at radius 2 is 1.54 bits per heavy atom. The van der Waals surface area contributed by atoms with Gasteiger partial charge < -0.3 is 24.3 Å². The lowest BCUT2D eigenvalue weighted by Gasteiger charge is -2.14. The molecule has 0 fully saturated rings. The number of hydrogen-bond acceptors (Lipinski definition) is 8. The van der Waals surface area contributed by atoms with Gasteiger partial charge in [0.15, 0.2) is 16.7 Å². The lowest BCUT2D eigenvalue weighted by molar-refractivity contribution is -0.141. The summed E-state index contributed by atoms with van der Waals surface area (Å²) in [6.45, 7) is 0. The average molecular weight is 510 g/mol. The van der Waals surface area contributed by atoms with E-state index in [1.54, 1.807) is 24.3 Å². The fourth-order valence-corrected chi connectivity index (χ4v) is 3.68. The van der Waals surface area contributed by atoms with E-state index < -0.39 is 17.8 Å². The molecule has 0 spiro atoms. The Kier molecular flexibility index (Phi) is 8.28. The Labute approximate surface area is 203 Å². The van der Waals surface area contributed by atoms with E-state index >= 15 is 0 Å². The number of rotatable bonds is 9. The van der Waals surface area contributed by atoms with Crippen molar-refractivity contribution >= 4 is 23.4 Å². The predicted octanol–water partition coefficient (Wildman–Crippen LogP) is 4.93. The third-order valence-corrected chi connectivity index (χ3v) is 5.51. The molecule has 2 aromatic carbocycles. The van der Waals surface area contributed by atoms with Crippen molar-refractivity contribution in [3.8, 4) is 34.3 Å². The quantitative estimate of drug-likeness (QED) is 0.321. The number of anilines is 1. The van der Waals surface area contributed by atoms with Crippen molar-refractivity contribution in [3.63, 3.8) is 0 Å². The standard InChI is InChI=1S/C23H22F3N3O5S/c1-31-15-7-5-13(6-8-15)16-11-19(23(24,25)26)29-22(28-16)35-12-20(30)27-14-9-17(32-2)21(34-4)18(10-14)33-3/h5-11H,12H2,1-4H3,(H,27,30). The molecule has 0 saturated heterocycles. The molecule has 0 unspecified atom stereocenters. The maximum Gasteiger partial charge on any atom is 0.433 e. The summed E-state index contributed by atoms with van der Waals surface area (Å²) in [6.07, 6.45) is -4.68.